The van der Waals surface area contributed by atoms with E-state index in [1.807, 2.05) is 91.0 Å². The van der Waals surface area contributed by atoms with Gasteiger partial charge in [0.05, 0.1) is 0 Å². The Morgan fingerprint density at radius 1 is 0.500 bits per heavy atom. The summed E-state index contributed by atoms with van der Waals surface area (Å²) in [6.45, 7) is 4.29. The summed E-state index contributed by atoms with van der Waals surface area (Å²) in [6.07, 6.45) is 3.40. The van der Waals surface area contributed by atoms with E-state index in [-0.39, 0.29) is 11.6 Å². The van der Waals surface area contributed by atoms with Gasteiger partial charge in [0.1, 0.15) is 0 Å². The number of ketones is 2. The summed E-state index contributed by atoms with van der Waals surface area (Å²) in [6, 6.07) is 39.3. The van der Waals surface area contributed by atoms with Crippen molar-refractivity contribution in [2.75, 3.05) is 0 Å². The van der Waals surface area contributed by atoms with Crippen molar-refractivity contribution in [2.45, 2.75) is 39.5 Å². The largest absolute Gasteiger partial charge is 0.289 e. The van der Waals surface area contributed by atoms with Crippen molar-refractivity contribution in [3.05, 3.63) is 155 Å². The fraction of sp³-hybridized carbons (Fsp3) is 0.158. The summed E-state index contributed by atoms with van der Waals surface area (Å²) in [5.74, 6) is -0.224. The van der Waals surface area contributed by atoms with Crippen LogP contribution in [0.3, 0.4) is 0 Å². The maximum atomic E-state index is 14.5. The molecular weight excluding hydrogens is 488 g/mol. The van der Waals surface area contributed by atoms with E-state index in [9.17, 15) is 9.59 Å². The molecule has 0 aromatic heterocycles. The van der Waals surface area contributed by atoms with Crippen molar-refractivity contribution < 1.29 is 9.59 Å². The Morgan fingerprint density at radius 2 is 0.975 bits per heavy atom. The van der Waals surface area contributed by atoms with E-state index in [1.54, 1.807) is 0 Å². The first-order valence-corrected chi connectivity index (χ1v) is 14.2. The van der Waals surface area contributed by atoms with Gasteiger partial charge in [-0.2, -0.15) is 0 Å². The minimum atomic E-state index is -0.127. The first-order valence-electron chi connectivity index (χ1n) is 14.2. The predicted octanol–water partition coefficient (Wildman–Crippen LogP) is 9.39. The van der Waals surface area contributed by atoms with E-state index in [0.717, 1.165) is 59.1 Å². The summed E-state index contributed by atoms with van der Waals surface area (Å²) in [4.78, 5) is 29.0. The first-order chi connectivity index (χ1) is 19.6. The summed E-state index contributed by atoms with van der Waals surface area (Å²) in [7, 11) is 0. The molecular formula is C38H34O2. The average Bonchev–Trinajstić information content (AvgIpc) is 3.02. The van der Waals surface area contributed by atoms with Crippen LogP contribution < -0.4 is 0 Å². The van der Waals surface area contributed by atoms with Crippen LogP contribution in [-0.4, -0.2) is 11.6 Å². The first kappa shape index (κ1) is 27.0. The highest BCUT2D eigenvalue weighted by Gasteiger charge is 2.29. The number of carbonyl (C=O) groups excluding carboxylic acids is 2. The highest BCUT2D eigenvalue weighted by atomic mass is 16.1. The highest BCUT2D eigenvalue weighted by molar-refractivity contribution is 6.23. The second-order valence-electron chi connectivity index (χ2n) is 10.1. The monoisotopic (exact) mass is 522 g/mol. The normalized spacial score (nSPS) is 10.8. The van der Waals surface area contributed by atoms with Gasteiger partial charge < -0.3 is 0 Å². The molecule has 0 fully saturated rings. The molecule has 0 aliphatic heterocycles. The van der Waals surface area contributed by atoms with Crippen molar-refractivity contribution in [3.63, 3.8) is 0 Å². The lowest BCUT2D eigenvalue weighted by molar-refractivity contribution is 0.100. The van der Waals surface area contributed by atoms with Crippen LogP contribution in [0.2, 0.25) is 0 Å². The molecule has 2 nitrogen and oxygen atoms in total. The fourth-order valence-electron chi connectivity index (χ4n) is 5.56. The van der Waals surface area contributed by atoms with Crippen molar-refractivity contribution in [3.8, 4) is 22.3 Å². The topological polar surface area (TPSA) is 34.1 Å². The molecule has 40 heavy (non-hydrogen) atoms. The van der Waals surface area contributed by atoms with Crippen LogP contribution in [0.5, 0.6) is 0 Å². The third-order valence-electron chi connectivity index (χ3n) is 7.37. The van der Waals surface area contributed by atoms with Crippen molar-refractivity contribution in [2.24, 2.45) is 0 Å². The predicted molar refractivity (Wildman–Crippen MR) is 165 cm³/mol. The minimum Gasteiger partial charge on any atom is -0.289 e. The van der Waals surface area contributed by atoms with E-state index < -0.39 is 0 Å². The van der Waals surface area contributed by atoms with Gasteiger partial charge in [0.25, 0.3) is 0 Å². The third-order valence-corrected chi connectivity index (χ3v) is 7.37. The molecule has 0 spiro atoms. The van der Waals surface area contributed by atoms with Gasteiger partial charge in [-0.25, -0.2) is 0 Å². The Kier molecular flexibility index (Phi) is 8.47. The quantitative estimate of drug-likeness (QED) is 0.171. The highest BCUT2D eigenvalue weighted by Crippen LogP contribution is 2.40. The molecule has 0 saturated heterocycles. The average molecular weight is 523 g/mol. The lowest BCUT2D eigenvalue weighted by atomic mass is 9.79. The van der Waals surface area contributed by atoms with Gasteiger partial charge in [0.15, 0.2) is 11.6 Å². The Morgan fingerprint density at radius 3 is 1.52 bits per heavy atom. The molecule has 0 radical (unpaired) electrons. The Hall–Kier alpha value is -4.56. The molecule has 0 heterocycles. The molecule has 198 valence electrons. The van der Waals surface area contributed by atoms with Crippen LogP contribution in [0.25, 0.3) is 22.3 Å². The van der Waals surface area contributed by atoms with Gasteiger partial charge in [-0.15, -0.1) is 0 Å². The summed E-state index contributed by atoms with van der Waals surface area (Å²) >= 11 is 0. The molecule has 0 N–H and O–H groups in total. The molecule has 0 aliphatic carbocycles. The Labute approximate surface area is 237 Å². The molecule has 0 atom stereocenters. The van der Waals surface area contributed by atoms with Crippen LogP contribution in [0.1, 0.15) is 69.7 Å². The van der Waals surface area contributed by atoms with E-state index in [1.165, 1.54) is 0 Å². The van der Waals surface area contributed by atoms with Gasteiger partial charge in [-0.1, -0.05) is 148 Å². The zero-order chi connectivity index (χ0) is 27.9. The number of carbonyl (C=O) groups is 2. The molecule has 5 rings (SSSR count). The summed E-state index contributed by atoms with van der Waals surface area (Å²) in [5, 5.41) is 0. The van der Waals surface area contributed by atoms with Gasteiger partial charge in [-0.3, -0.25) is 9.59 Å². The van der Waals surface area contributed by atoms with E-state index in [0.29, 0.717) is 22.3 Å². The van der Waals surface area contributed by atoms with Crippen LogP contribution in [-0.2, 0) is 12.8 Å². The van der Waals surface area contributed by atoms with Gasteiger partial charge in [-0.05, 0) is 46.2 Å². The fourth-order valence-corrected chi connectivity index (χ4v) is 5.56. The zero-order valence-corrected chi connectivity index (χ0v) is 23.2. The lowest BCUT2D eigenvalue weighted by Gasteiger charge is -2.23. The van der Waals surface area contributed by atoms with Crippen molar-refractivity contribution in [1.29, 1.82) is 0 Å². The third kappa shape index (κ3) is 5.44. The zero-order valence-electron chi connectivity index (χ0n) is 23.2. The molecule has 2 heteroatoms. The summed E-state index contributed by atoms with van der Waals surface area (Å²) < 4.78 is 0. The van der Waals surface area contributed by atoms with Gasteiger partial charge in [0, 0.05) is 22.3 Å². The maximum absolute atomic E-state index is 14.5. The van der Waals surface area contributed by atoms with Crippen LogP contribution in [0, 0.1) is 0 Å². The van der Waals surface area contributed by atoms with E-state index >= 15 is 0 Å². The molecule has 0 saturated carbocycles. The molecule has 0 amide bonds. The van der Waals surface area contributed by atoms with Crippen LogP contribution in [0.4, 0.5) is 0 Å². The van der Waals surface area contributed by atoms with E-state index in [4.69, 9.17) is 0 Å². The van der Waals surface area contributed by atoms with Crippen LogP contribution in [0.15, 0.2) is 121 Å². The molecule has 5 aromatic carbocycles. The maximum Gasteiger partial charge on any atom is 0.194 e. The lowest BCUT2D eigenvalue weighted by Crippen LogP contribution is -2.18. The molecule has 0 unspecified atom stereocenters. The molecule has 0 aliphatic rings. The number of rotatable bonds is 10. The minimum absolute atomic E-state index is 0.0975. The Balaban J connectivity index is 1.91. The smallest absolute Gasteiger partial charge is 0.194 e. The van der Waals surface area contributed by atoms with Crippen molar-refractivity contribution in [1.82, 2.24) is 0 Å². The van der Waals surface area contributed by atoms with Gasteiger partial charge in [0.2, 0.25) is 0 Å². The second kappa shape index (κ2) is 12.5. The second-order valence-corrected chi connectivity index (χ2v) is 10.1. The summed E-state index contributed by atoms with van der Waals surface area (Å²) in [5.41, 5.74) is 8.23. The van der Waals surface area contributed by atoms with Crippen molar-refractivity contribution >= 4 is 11.6 Å². The SMILES string of the molecule is CCCc1cc(-c2ccccc2-c2ccccc2)c(C(=O)c2ccccc2)c(C(=O)c2ccccc2)c1CCC. The number of hydrogen-bond acceptors (Lipinski definition) is 2. The number of benzene rings is 5. The van der Waals surface area contributed by atoms with Gasteiger partial charge >= 0.3 is 0 Å². The molecule has 0 bridgehead atoms. The number of aryl methyl sites for hydroxylation is 1. The Bertz CT molecular complexity index is 1620. The molecule has 5 aromatic rings. The number of hydrogen-bond donors (Lipinski definition) is 0. The standard InChI is InChI=1S/C38H34O2/c1-3-16-30-26-34(33-25-15-14-24-31(33)27-18-8-5-9-19-27)36(38(40)29-22-12-7-13-23-29)35(32(30)17-4-2)37(39)28-20-10-6-11-21-28/h5-15,18-26H,3-4,16-17H2,1-2H3. The van der Waals surface area contributed by atoms with E-state index in [2.05, 4.69) is 44.2 Å². The van der Waals surface area contributed by atoms with Crippen LogP contribution >= 0.6 is 0 Å².